The lowest BCUT2D eigenvalue weighted by atomic mass is 9.78. The number of aliphatic carboxylic acids is 1. The second-order valence-corrected chi connectivity index (χ2v) is 10.3. The molecule has 12 heteroatoms. The number of nitrogens with zero attached hydrogens (tertiary/aromatic N) is 1. The first-order valence-corrected chi connectivity index (χ1v) is 13.3. The molecule has 3 aromatic rings. The number of carbonyl (C=O) groups is 2. The lowest BCUT2D eigenvalue weighted by molar-refractivity contribution is -0.306. The Morgan fingerprint density at radius 2 is 1.48 bits per heavy atom. The largest absolute Gasteiger partial charge is 0.508 e. The van der Waals surface area contributed by atoms with Crippen LogP contribution >= 0.6 is 0 Å². The van der Waals surface area contributed by atoms with Gasteiger partial charge in [-0.2, -0.15) is 0 Å². The highest BCUT2D eigenvalue weighted by atomic mass is 19.1. The van der Waals surface area contributed by atoms with E-state index < -0.39 is 66.4 Å². The summed E-state index contributed by atoms with van der Waals surface area (Å²) in [4.78, 5) is 26.5. The van der Waals surface area contributed by atoms with Crippen molar-refractivity contribution in [3.63, 3.8) is 0 Å². The Morgan fingerprint density at radius 3 is 2.07 bits per heavy atom. The summed E-state index contributed by atoms with van der Waals surface area (Å²) >= 11 is 0. The lowest BCUT2D eigenvalue weighted by Gasteiger charge is -2.48. The van der Waals surface area contributed by atoms with E-state index in [4.69, 9.17) is 9.47 Å². The van der Waals surface area contributed by atoms with Crippen LogP contribution in [-0.2, 0) is 19.1 Å². The smallest absolute Gasteiger partial charge is 0.335 e. The summed E-state index contributed by atoms with van der Waals surface area (Å²) in [7, 11) is 0. The second kappa shape index (κ2) is 12.1. The van der Waals surface area contributed by atoms with Crippen LogP contribution in [0.3, 0.4) is 0 Å². The van der Waals surface area contributed by atoms with E-state index in [0.29, 0.717) is 16.8 Å². The molecular weight excluding hydrogens is 556 g/mol. The van der Waals surface area contributed by atoms with Crippen molar-refractivity contribution >= 4 is 17.6 Å². The number of rotatable bonds is 9. The highest BCUT2D eigenvalue weighted by molar-refractivity contribution is 6.03. The van der Waals surface area contributed by atoms with Gasteiger partial charge in [0.15, 0.2) is 12.4 Å². The molecule has 8 atom stereocenters. The van der Waals surface area contributed by atoms with E-state index in [-0.39, 0.29) is 24.5 Å². The fraction of sp³-hybridized carbons (Fsp3) is 0.333. The van der Waals surface area contributed by atoms with Crippen molar-refractivity contribution in [1.29, 1.82) is 0 Å². The number of hydrogen-bond acceptors (Lipinski definition) is 8. The quantitative estimate of drug-likeness (QED) is 0.238. The Hall–Kier alpha value is -3.94. The number of carboxylic acid groups (broad SMARTS) is 1. The zero-order chi connectivity index (χ0) is 30.1. The number of β-lactam (4-membered cyclic amide) rings is 1. The maximum absolute atomic E-state index is 13.7. The molecule has 3 aromatic carbocycles. The van der Waals surface area contributed by atoms with Crippen LogP contribution in [0.15, 0.2) is 72.8 Å². The van der Waals surface area contributed by atoms with Crippen LogP contribution in [0.2, 0.25) is 0 Å². The van der Waals surface area contributed by atoms with Crippen molar-refractivity contribution in [2.24, 2.45) is 5.92 Å². The molecular formula is C30H29F2NO9. The number of ether oxygens (including phenoxy) is 2. The van der Waals surface area contributed by atoms with Gasteiger partial charge in [-0.15, -0.1) is 0 Å². The topological polar surface area (TPSA) is 157 Å². The molecule has 0 spiro atoms. The van der Waals surface area contributed by atoms with Crippen molar-refractivity contribution in [3.8, 4) is 5.75 Å². The van der Waals surface area contributed by atoms with Gasteiger partial charge in [-0.3, -0.25) is 4.79 Å². The number of benzene rings is 3. The standard InChI is InChI=1S/C30H29F2NO9/c31-17-5-1-15(2-6-17)22(41-30-26(37)24(35)25(36)27(42-30)29(39)40)14-13-21-23(16-3-11-20(34)12-4-16)33(28(21)38)19-9-7-18(32)8-10-19/h1-12,21-27,30,34-37H,13-14H2,(H,39,40)/t21-,22+,23-,24+,25+,26-,27+,30-/m1/s1. The number of anilines is 1. The van der Waals surface area contributed by atoms with Gasteiger partial charge < -0.3 is 39.9 Å². The molecule has 2 saturated heterocycles. The number of aliphatic hydroxyl groups is 3. The van der Waals surface area contributed by atoms with Crippen molar-refractivity contribution in [3.05, 3.63) is 95.6 Å². The molecule has 42 heavy (non-hydrogen) atoms. The van der Waals surface area contributed by atoms with E-state index >= 15 is 0 Å². The van der Waals surface area contributed by atoms with Crippen molar-refractivity contribution in [2.75, 3.05) is 4.90 Å². The third kappa shape index (κ3) is 5.85. The molecule has 2 fully saturated rings. The van der Waals surface area contributed by atoms with Crippen LogP contribution in [0.4, 0.5) is 14.5 Å². The number of carbonyl (C=O) groups excluding carboxylic acids is 1. The third-order valence-corrected chi connectivity index (χ3v) is 7.65. The highest BCUT2D eigenvalue weighted by Crippen LogP contribution is 2.47. The summed E-state index contributed by atoms with van der Waals surface area (Å²) in [6.45, 7) is 0. The molecule has 0 saturated carbocycles. The summed E-state index contributed by atoms with van der Waals surface area (Å²) in [5, 5.41) is 49.9. The van der Waals surface area contributed by atoms with Crippen molar-refractivity contribution < 1.29 is 53.4 Å². The first kappa shape index (κ1) is 29.5. The molecule has 0 unspecified atom stereocenters. The molecule has 0 aromatic heterocycles. The van der Waals surface area contributed by atoms with Gasteiger partial charge in [0.1, 0.15) is 35.7 Å². The minimum atomic E-state index is -1.90. The predicted molar refractivity (Wildman–Crippen MR) is 142 cm³/mol. The van der Waals surface area contributed by atoms with E-state index in [0.717, 1.165) is 0 Å². The molecule has 2 aliphatic rings. The molecule has 10 nitrogen and oxygen atoms in total. The van der Waals surface area contributed by atoms with E-state index in [2.05, 4.69) is 0 Å². The van der Waals surface area contributed by atoms with Crippen LogP contribution in [0.5, 0.6) is 5.75 Å². The highest BCUT2D eigenvalue weighted by Gasteiger charge is 2.50. The van der Waals surface area contributed by atoms with E-state index in [1.165, 1.54) is 65.6 Å². The van der Waals surface area contributed by atoms with Gasteiger partial charge in [-0.25, -0.2) is 13.6 Å². The number of amides is 1. The summed E-state index contributed by atoms with van der Waals surface area (Å²) in [6, 6.07) is 16.5. The summed E-state index contributed by atoms with van der Waals surface area (Å²) < 4.78 is 38.5. The lowest BCUT2D eigenvalue weighted by Crippen LogP contribution is -2.60. The number of halogens is 2. The van der Waals surface area contributed by atoms with Crippen LogP contribution in [0.1, 0.15) is 36.1 Å². The maximum Gasteiger partial charge on any atom is 0.335 e. The van der Waals surface area contributed by atoms with Crippen molar-refractivity contribution in [2.45, 2.75) is 55.7 Å². The van der Waals surface area contributed by atoms with E-state index in [9.17, 15) is 43.9 Å². The van der Waals surface area contributed by atoms with Crippen LogP contribution in [0.25, 0.3) is 0 Å². The van der Waals surface area contributed by atoms with Gasteiger partial charge >= 0.3 is 5.97 Å². The summed E-state index contributed by atoms with van der Waals surface area (Å²) in [5.41, 5.74) is 1.63. The molecule has 2 heterocycles. The monoisotopic (exact) mass is 585 g/mol. The Labute approximate surface area is 239 Å². The Morgan fingerprint density at radius 1 is 0.881 bits per heavy atom. The minimum Gasteiger partial charge on any atom is -0.508 e. The summed E-state index contributed by atoms with van der Waals surface area (Å²) in [6.07, 6.45) is -9.75. The molecule has 0 aliphatic carbocycles. The van der Waals surface area contributed by atoms with Gasteiger partial charge in [0, 0.05) is 5.69 Å². The molecule has 1 amide bonds. The zero-order valence-electron chi connectivity index (χ0n) is 22.0. The first-order valence-electron chi connectivity index (χ1n) is 13.3. The predicted octanol–water partition coefficient (Wildman–Crippen LogP) is 2.80. The average Bonchev–Trinajstić information content (AvgIpc) is 2.97. The molecule has 0 bridgehead atoms. The number of carboxylic acids is 1. The summed E-state index contributed by atoms with van der Waals surface area (Å²) in [5.74, 6) is -3.36. The zero-order valence-corrected chi connectivity index (χ0v) is 22.0. The molecule has 2 aliphatic heterocycles. The van der Waals surface area contributed by atoms with Crippen LogP contribution < -0.4 is 4.90 Å². The second-order valence-electron chi connectivity index (χ2n) is 10.3. The van der Waals surface area contributed by atoms with E-state index in [1.807, 2.05) is 0 Å². The van der Waals surface area contributed by atoms with Gasteiger partial charge in [-0.05, 0) is 72.5 Å². The normalized spacial score (nSPS) is 28.3. The minimum absolute atomic E-state index is 0.0390. The van der Waals surface area contributed by atoms with Gasteiger partial charge in [0.25, 0.3) is 0 Å². The van der Waals surface area contributed by atoms with Crippen LogP contribution in [0, 0.1) is 17.6 Å². The molecule has 5 N–H and O–H groups in total. The van der Waals surface area contributed by atoms with Crippen molar-refractivity contribution in [1.82, 2.24) is 0 Å². The molecule has 222 valence electrons. The number of phenolic OH excluding ortho intramolecular Hbond substituents is 1. The van der Waals surface area contributed by atoms with Gasteiger partial charge in [0.05, 0.1) is 18.1 Å². The molecule has 5 rings (SSSR count). The Bertz CT molecular complexity index is 1400. The Balaban J connectivity index is 1.40. The fourth-order valence-corrected chi connectivity index (χ4v) is 5.42. The average molecular weight is 586 g/mol. The van der Waals surface area contributed by atoms with Crippen LogP contribution in [-0.4, -0.2) is 68.1 Å². The van der Waals surface area contributed by atoms with Gasteiger partial charge in [-0.1, -0.05) is 24.3 Å². The molecule has 0 radical (unpaired) electrons. The number of aromatic hydroxyl groups is 1. The number of phenols is 1. The third-order valence-electron chi connectivity index (χ3n) is 7.65. The Kier molecular flexibility index (Phi) is 8.53. The fourth-order valence-electron chi connectivity index (χ4n) is 5.42. The van der Waals surface area contributed by atoms with Gasteiger partial charge in [0.2, 0.25) is 5.91 Å². The maximum atomic E-state index is 13.7. The SMILES string of the molecule is O=C(O)[C@H]1O[C@@H](O[C@@H](CC[C@H]2C(=O)N(c3ccc(F)cc3)[C@@H]2c2ccc(O)cc2)c2ccc(F)cc2)[C@H](O)[C@@H](O)[C@@H]1O. The van der Waals surface area contributed by atoms with E-state index in [1.54, 1.807) is 12.1 Å². The number of hydrogen-bond donors (Lipinski definition) is 5. The number of aliphatic hydroxyl groups excluding tert-OH is 3. The first-order chi connectivity index (χ1) is 20.0.